The van der Waals surface area contributed by atoms with Crippen molar-refractivity contribution in [1.29, 1.82) is 10.5 Å². The van der Waals surface area contributed by atoms with Crippen molar-refractivity contribution >= 4 is 67.0 Å². The van der Waals surface area contributed by atoms with Gasteiger partial charge in [0.2, 0.25) is 11.0 Å². The Morgan fingerprint density at radius 2 is 1.84 bits per heavy atom. The van der Waals surface area contributed by atoms with Crippen molar-refractivity contribution in [2.75, 3.05) is 15.8 Å². The molecule has 0 saturated heterocycles. The second-order valence-corrected chi connectivity index (χ2v) is 12.8. The summed E-state index contributed by atoms with van der Waals surface area (Å²) in [4.78, 5) is 17.8. The molecule has 1 unspecified atom stereocenters. The molecule has 11 nitrogen and oxygen atoms in total. The van der Waals surface area contributed by atoms with Crippen LogP contribution in [0.15, 0.2) is 51.7 Å². The number of nitriles is 2. The number of hydrogen-bond donors (Lipinski definition) is 3. The predicted octanol–water partition coefficient (Wildman–Crippen LogP) is 4.22. The first-order valence-electron chi connectivity index (χ1n) is 10.7. The van der Waals surface area contributed by atoms with Crippen molar-refractivity contribution < 1.29 is 13.2 Å². The van der Waals surface area contributed by atoms with Gasteiger partial charge >= 0.3 is 0 Å². The minimum Gasteiger partial charge on any atom is -0.383 e. The summed E-state index contributed by atoms with van der Waals surface area (Å²) in [5.41, 5.74) is 7.06. The van der Waals surface area contributed by atoms with Crippen LogP contribution in [0.25, 0.3) is 10.4 Å². The van der Waals surface area contributed by atoms with Gasteiger partial charge in [-0.15, -0.1) is 21.5 Å². The number of pyridine rings is 1. The molecule has 4 rings (SSSR count). The largest absolute Gasteiger partial charge is 0.383 e. The minimum atomic E-state index is -3.87. The van der Waals surface area contributed by atoms with Crippen LogP contribution >= 0.6 is 34.4 Å². The van der Waals surface area contributed by atoms with Gasteiger partial charge in [-0.3, -0.25) is 9.52 Å². The van der Waals surface area contributed by atoms with E-state index in [9.17, 15) is 23.7 Å². The molecule has 0 fully saturated rings. The van der Waals surface area contributed by atoms with Crippen molar-refractivity contribution in [3.05, 3.63) is 57.9 Å². The van der Waals surface area contributed by atoms with Crippen molar-refractivity contribution in [2.24, 2.45) is 0 Å². The minimum absolute atomic E-state index is 0.0113. The fourth-order valence-electron chi connectivity index (χ4n) is 3.24. The van der Waals surface area contributed by atoms with Crippen LogP contribution < -0.4 is 15.8 Å². The lowest BCUT2D eigenvalue weighted by Gasteiger charge is -2.15. The van der Waals surface area contributed by atoms with E-state index in [-0.39, 0.29) is 32.0 Å². The topological polar surface area (TPSA) is 188 Å². The number of benzene rings is 1. The van der Waals surface area contributed by atoms with Gasteiger partial charge in [0, 0.05) is 16.1 Å². The molecule has 0 aliphatic heterocycles. The summed E-state index contributed by atoms with van der Waals surface area (Å²) in [6.07, 6.45) is 0. The summed E-state index contributed by atoms with van der Waals surface area (Å²) < 4.78 is 27.5. The number of nitrogens with zero attached hydrogens (tertiary/aromatic N) is 5. The molecule has 4 aromatic rings. The van der Waals surface area contributed by atoms with E-state index >= 15 is 0 Å². The van der Waals surface area contributed by atoms with Crippen LogP contribution in [0.4, 0.5) is 16.6 Å². The quantitative estimate of drug-likeness (QED) is 0.254. The van der Waals surface area contributed by atoms with Gasteiger partial charge in [-0.2, -0.15) is 10.5 Å². The van der Waals surface area contributed by atoms with E-state index in [0.717, 1.165) is 23.1 Å². The van der Waals surface area contributed by atoms with Gasteiger partial charge in [-0.05, 0) is 49.6 Å². The van der Waals surface area contributed by atoms with Crippen LogP contribution in [0, 0.1) is 29.6 Å². The summed E-state index contributed by atoms with van der Waals surface area (Å²) in [6, 6.07) is 13.3. The Morgan fingerprint density at radius 3 is 2.42 bits per heavy atom. The van der Waals surface area contributed by atoms with Crippen LogP contribution in [0.2, 0.25) is 0 Å². The highest BCUT2D eigenvalue weighted by molar-refractivity contribution is 8.00. The maximum Gasteiger partial charge on any atom is 0.263 e. The van der Waals surface area contributed by atoms with Gasteiger partial charge in [-0.1, -0.05) is 29.2 Å². The molecule has 0 bridgehead atoms. The van der Waals surface area contributed by atoms with Gasteiger partial charge in [0.05, 0.1) is 15.7 Å². The first kappa shape index (κ1) is 27.0. The average Bonchev–Trinajstić information content (AvgIpc) is 3.55. The zero-order valence-corrected chi connectivity index (χ0v) is 23.1. The van der Waals surface area contributed by atoms with E-state index in [1.54, 1.807) is 26.0 Å². The van der Waals surface area contributed by atoms with E-state index in [4.69, 9.17) is 5.73 Å². The van der Waals surface area contributed by atoms with Gasteiger partial charge in [0.15, 0.2) is 0 Å². The Morgan fingerprint density at radius 1 is 1.13 bits per heavy atom. The molecule has 0 spiro atoms. The van der Waals surface area contributed by atoms with E-state index in [1.165, 1.54) is 35.6 Å². The third kappa shape index (κ3) is 5.76. The highest BCUT2D eigenvalue weighted by atomic mass is 32.2. The molecular formula is C23H18N8O3S4. The molecule has 1 amide bonds. The maximum absolute atomic E-state index is 12.9. The van der Waals surface area contributed by atoms with E-state index in [1.807, 2.05) is 11.4 Å². The molecule has 3 aromatic heterocycles. The SMILES string of the molecule is Cc1nnc(NS(=O)(=O)c2ccc(NC(=O)C(C)Sc3nc(N)c(C#N)c(-c4cccs4)c3C#N)cc2)s1. The Labute approximate surface area is 230 Å². The van der Waals surface area contributed by atoms with Crippen molar-refractivity contribution in [1.82, 2.24) is 15.2 Å². The Balaban J connectivity index is 1.50. The van der Waals surface area contributed by atoms with Crippen LogP contribution in [0.5, 0.6) is 0 Å². The Bertz CT molecular complexity index is 1690. The third-order valence-electron chi connectivity index (χ3n) is 5.02. The number of nitrogens with two attached hydrogens (primary N) is 1. The van der Waals surface area contributed by atoms with Gasteiger partial charge in [-0.25, -0.2) is 13.4 Å². The molecule has 15 heteroatoms. The van der Waals surface area contributed by atoms with Crippen LogP contribution in [-0.2, 0) is 14.8 Å². The molecule has 0 aliphatic carbocycles. The molecule has 3 heterocycles. The summed E-state index contributed by atoms with van der Waals surface area (Å²) in [7, 11) is -3.87. The number of nitrogens with one attached hydrogen (secondary N) is 2. The van der Waals surface area contributed by atoms with Gasteiger partial charge in [0.25, 0.3) is 10.0 Å². The zero-order valence-electron chi connectivity index (χ0n) is 19.8. The molecule has 4 N–H and O–H groups in total. The van der Waals surface area contributed by atoms with Crippen LogP contribution in [-0.4, -0.2) is 34.8 Å². The third-order valence-corrected chi connectivity index (χ3v) is 9.23. The molecule has 0 radical (unpaired) electrons. The summed E-state index contributed by atoms with van der Waals surface area (Å²) >= 11 is 3.50. The predicted molar refractivity (Wildman–Crippen MR) is 147 cm³/mol. The monoisotopic (exact) mass is 582 g/mol. The lowest BCUT2D eigenvalue weighted by atomic mass is 10.0. The number of thioether (sulfide) groups is 1. The van der Waals surface area contributed by atoms with Gasteiger partial charge in [0.1, 0.15) is 33.6 Å². The molecular weight excluding hydrogens is 565 g/mol. The summed E-state index contributed by atoms with van der Waals surface area (Å²) in [6.45, 7) is 3.34. The number of carbonyl (C=O) groups is 1. The van der Waals surface area contributed by atoms with E-state index < -0.39 is 21.2 Å². The number of aromatic nitrogens is 3. The van der Waals surface area contributed by atoms with Crippen molar-refractivity contribution in [3.8, 4) is 22.6 Å². The van der Waals surface area contributed by atoms with E-state index in [0.29, 0.717) is 21.1 Å². The summed E-state index contributed by atoms with van der Waals surface area (Å²) in [5, 5.41) is 31.8. The normalized spacial score (nSPS) is 11.8. The summed E-state index contributed by atoms with van der Waals surface area (Å²) in [5.74, 6) is -0.432. The molecule has 38 heavy (non-hydrogen) atoms. The number of hydrogen-bond acceptors (Lipinski definition) is 12. The smallest absolute Gasteiger partial charge is 0.263 e. The molecule has 1 aromatic carbocycles. The molecule has 0 aliphatic rings. The number of thiophene rings is 1. The van der Waals surface area contributed by atoms with Crippen molar-refractivity contribution in [2.45, 2.75) is 29.0 Å². The van der Waals surface area contributed by atoms with Crippen LogP contribution in [0.1, 0.15) is 23.1 Å². The fraction of sp³-hybridized carbons (Fsp3) is 0.130. The van der Waals surface area contributed by atoms with Gasteiger partial charge < -0.3 is 11.1 Å². The highest BCUT2D eigenvalue weighted by Crippen LogP contribution is 2.38. The number of sulfonamides is 1. The number of anilines is 3. The standard InChI is InChI=1S/C23H18N8O3S4/c1-12(36-22-17(11-25)19(18-4-3-9-35-18)16(10-24)20(26)28-22)21(32)27-14-5-7-15(8-6-14)38(33,34)31-23-30-29-13(2)37-23/h3-9,12H,1-2H3,(H2,26,28)(H,27,32)(H,30,31). The van der Waals surface area contributed by atoms with Crippen LogP contribution in [0.3, 0.4) is 0 Å². The maximum atomic E-state index is 12.9. The second-order valence-electron chi connectivity index (χ2n) is 7.63. The molecule has 192 valence electrons. The molecule has 1 atom stereocenters. The number of carbonyl (C=O) groups excluding carboxylic acids is 1. The van der Waals surface area contributed by atoms with Crippen molar-refractivity contribution in [3.63, 3.8) is 0 Å². The average molecular weight is 583 g/mol. The second kappa shape index (κ2) is 11.2. The lowest BCUT2D eigenvalue weighted by Crippen LogP contribution is -2.23. The highest BCUT2D eigenvalue weighted by Gasteiger charge is 2.25. The Kier molecular flexibility index (Phi) is 7.94. The first-order chi connectivity index (χ1) is 18.1. The lowest BCUT2D eigenvalue weighted by molar-refractivity contribution is -0.115. The number of amides is 1. The fourth-order valence-corrected chi connectivity index (χ4v) is 6.77. The zero-order chi connectivity index (χ0) is 27.4. The number of aryl methyl sites for hydroxylation is 1. The van der Waals surface area contributed by atoms with E-state index in [2.05, 4.69) is 31.3 Å². The Hall–Kier alpha value is -4.02. The number of nitrogen functional groups attached to an aromatic ring is 1. The first-order valence-corrected chi connectivity index (χ1v) is 14.8. The molecule has 0 saturated carbocycles. The number of rotatable bonds is 8.